The molecule has 0 bridgehead atoms. The zero-order valence-electron chi connectivity index (χ0n) is 17.1. The zero-order valence-corrected chi connectivity index (χ0v) is 17.9. The molecule has 0 saturated carbocycles. The summed E-state index contributed by atoms with van der Waals surface area (Å²) in [5, 5.41) is 2.31. The normalized spacial score (nSPS) is 11.5. The van der Waals surface area contributed by atoms with Crippen LogP contribution < -0.4 is 5.32 Å². The molecule has 0 aromatic heterocycles. The van der Waals surface area contributed by atoms with Crippen LogP contribution >= 0.6 is 0 Å². The number of hydrogen-bond donors (Lipinski definition) is 1. The Hall–Kier alpha value is -3.10. The lowest BCUT2D eigenvalue weighted by molar-refractivity contribution is -0.116. The summed E-state index contributed by atoms with van der Waals surface area (Å²) < 4.78 is 54.5. The van der Waals surface area contributed by atoms with Crippen LogP contribution in [0.25, 0.3) is 0 Å². The van der Waals surface area contributed by atoms with Crippen LogP contribution in [0, 0.1) is 25.5 Å². The Morgan fingerprint density at radius 1 is 0.903 bits per heavy atom. The Bertz CT molecular complexity index is 1180. The molecule has 8 heteroatoms. The van der Waals surface area contributed by atoms with Gasteiger partial charge in [0.05, 0.1) is 17.1 Å². The standard InChI is InChI=1S/C23H22F2N2O3S/c1-16-3-7-18(8-4-16)14-27(31(29,30)20-10-5-17(2)6-11-20)15-23(28)26-22-12-9-19(24)13-21(22)25/h3-13H,14-15H2,1-2H3,(H,26,28). The zero-order chi connectivity index (χ0) is 22.6. The highest BCUT2D eigenvalue weighted by Crippen LogP contribution is 2.20. The lowest BCUT2D eigenvalue weighted by Crippen LogP contribution is -2.37. The van der Waals surface area contributed by atoms with E-state index in [1.54, 1.807) is 24.3 Å². The number of amides is 1. The van der Waals surface area contributed by atoms with E-state index >= 15 is 0 Å². The van der Waals surface area contributed by atoms with Crippen molar-refractivity contribution in [3.05, 3.63) is 95.1 Å². The van der Waals surface area contributed by atoms with Crippen molar-refractivity contribution in [2.45, 2.75) is 25.3 Å². The van der Waals surface area contributed by atoms with Gasteiger partial charge in [0, 0.05) is 12.6 Å². The number of benzene rings is 3. The number of hydrogen-bond acceptors (Lipinski definition) is 3. The van der Waals surface area contributed by atoms with E-state index in [9.17, 15) is 22.0 Å². The minimum Gasteiger partial charge on any atom is -0.322 e. The molecule has 0 aliphatic rings. The molecule has 0 aliphatic carbocycles. The summed E-state index contributed by atoms with van der Waals surface area (Å²) in [6.07, 6.45) is 0. The maximum absolute atomic E-state index is 13.9. The van der Waals surface area contributed by atoms with Gasteiger partial charge in [-0.1, -0.05) is 47.5 Å². The molecular formula is C23H22F2N2O3S. The van der Waals surface area contributed by atoms with Gasteiger partial charge < -0.3 is 5.32 Å². The van der Waals surface area contributed by atoms with Gasteiger partial charge in [-0.2, -0.15) is 4.31 Å². The van der Waals surface area contributed by atoms with Crippen LogP contribution in [-0.4, -0.2) is 25.2 Å². The molecule has 5 nitrogen and oxygen atoms in total. The molecule has 3 aromatic carbocycles. The van der Waals surface area contributed by atoms with Gasteiger partial charge in [0.1, 0.15) is 11.6 Å². The summed E-state index contributed by atoms with van der Waals surface area (Å²) in [6.45, 7) is 3.16. The van der Waals surface area contributed by atoms with Crippen molar-refractivity contribution >= 4 is 21.6 Å². The summed E-state index contributed by atoms with van der Waals surface area (Å²) in [7, 11) is -4.01. The molecule has 31 heavy (non-hydrogen) atoms. The molecule has 3 rings (SSSR count). The van der Waals surface area contributed by atoms with E-state index < -0.39 is 34.1 Å². The van der Waals surface area contributed by atoms with Crippen molar-refractivity contribution in [2.75, 3.05) is 11.9 Å². The molecular weight excluding hydrogens is 422 g/mol. The summed E-state index contributed by atoms with van der Waals surface area (Å²) in [4.78, 5) is 12.6. The van der Waals surface area contributed by atoms with E-state index in [1.807, 2.05) is 26.0 Å². The van der Waals surface area contributed by atoms with Gasteiger partial charge >= 0.3 is 0 Å². The largest absolute Gasteiger partial charge is 0.322 e. The summed E-state index contributed by atoms with van der Waals surface area (Å²) in [5.74, 6) is -2.47. The maximum atomic E-state index is 13.9. The summed E-state index contributed by atoms with van der Waals surface area (Å²) in [5.41, 5.74) is 2.38. The van der Waals surface area contributed by atoms with Crippen molar-refractivity contribution in [3.8, 4) is 0 Å². The number of anilines is 1. The number of carbonyl (C=O) groups is 1. The van der Waals surface area contributed by atoms with Gasteiger partial charge in [-0.15, -0.1) is 0 Å². The Morgan fingerprint density at radius 2 is 1.48 bits per heavy atom. The van der Waals surface area contributed by atoms with Crippen molar-refractivity contribution in [2.24, 2.45) is 0 Å². The number of halogens is 2. The number of nitrogens with one attached hydrogen (secondary N) is 1. The van der Waals surface area contributed by atoms with Crippen LogP contribution in [0.15, 0.2) is 71.6 Å². The first-order valence-corrected chi connectivity index (χ1v) is 11.0. The van der Waals surface area contributed by atoms with Crippen LogP contribution in [0.1, 0.15) is 16.7 Å². The minimum atomic E-state index is -4.01. The van der Waals surface area contributed by atoms with E-state index in [1.165, 1.54) is 12.1 Å². The molecule has 0 fully saturated rings. The molecule has 0 saturated heterocycles. The Morgan fingerprint density at radius 3 is 2.06 bits per heavy atom. The molecule has 1 amide bonds. The molecule has 162 valence electrons. The van der Waals surface area contributed by atoms with Gasteiger partial charge in [-0.3, -0.25) is 4.79 Å². The molecule has 1 N–H and O–H groups in total. The van der Waals surface area contributed by atoms with E-state index in [0.717, 1.165) is 27.6 Å². The second-order valence-corrected chi connectivity index (χ2v) is 9.18. The Kier molecular flexibility index (Phi) is 6.82. The third-order valence-electron chi connectivity index (χ3n) is 4.66. The number of sulfonamides is 1. The van der Waals surface area contributed by atoms with Gasteiger partial charge in [0.15, 0.2) is 0 Å². The fourth-order valence-corrected chi connectivity index (χ4v) is 4.31. The molecule has 0 spiro atoms. The number of nitrogens with zero attached hydrogens (tertiary/aromatic N) is 1. The lowest BCUT2D eigenvalue weighted by Gasteiger charge is -2.22. The number of rotatable bonds is 7. The molecule has 0 aliphatic heterocycles. The third kappa shape index (κ3) is 5.74. The monoisotopic (exact) mass is 444 g/mol. The van der Waals surface area contributed by atoms with Crippen LogP contribution in [0.4, 0.5) is 14.5 Å². The van der Waals surface area contributed by atoms with E-state index in [4.69, 9.17) is 0 Å². The van der Waals surface area contributed by atoms with Crippen molar-refractivity contribution in [3.63, 3.8) is 0 Å². The van der Waals surface area contributed by atoms with Gasteiger partial charge in [0.25, 0.3) is 0 Å². The SMILES string of the molecule is Cc1ccc(CN(CC(=O)Nc2ccc(F)cc2F)S(=O)(=O)c2ccc(C)cc2)cc1. The smallest absolute Gasteiger partial charge is 0.243 e. The first kappa shape index (κ1) is 22.6. The number of aryl methyl sites for hydroxylation is 2. The summed E-state index contributed by atoms with van der Waals surface area (Å²) in [6, 6.07) is 16.3. The average molecular weight is 445 g/mol. The Balaban J connectivity index is 1.88. The minimum absolute atomic E-state index is 0.0458. The van der Waals surface area contributed by atoms with Crippen LogP contribution in [-0.2, 0) is 21.4 Å². The van der Waals surface area contributed by atoms with Crippen molar-refractivity contribution < 1.29 is 22.0 Å². The Labute approximate surface area is 180 Å². The first-order chi connectivity index (χ1) is 14.6. The van der Waals surface area contributed by atoms with Crippen LogP contribution in [0.5, 0.6) is 0 Å². The van der Waals surface area contributed by atoms with Crippen LogP contribution in [0.2, 0.25) is 0 Å². The van der Waals surface area contributed by atoms with Gasteiger partial charge in [-0.05, 0) is 43.7 Å². The first-order valence-electron chi connectivity index (χ1n) is 9.52. The molecule has 0 heterocycles. The number of carbonyl (C=O) groups excluding carboxylic acids is 1. The van der Waals surface area contributed by atoms with E-state index in [-0.39, 0.29) is 17.1 Å². The quantitative estimate of drug-likeness (QED) is 0.587. The highest BCUT2D eigenvalue weighted by atomic mass is 32.2. The van der Waals surface area contributed by atoms with E-state index in [0.29, 0.717) is 11.6 Å². The lowest BCUT2D eigenvalue weighted by atomic mass is 10.1. The summed E-state index contributed by atoms with van der Waals surface area (Å²) >= 11 is 0. The average Bonchev–Trinajstić information content (AvgIpc) is 2.71. The third-order valence-corrected chi connectivity index (χ3v) is 6.47. The van der Waals surface area contributed by atoms with Crippen LogP contribution in [0.3, 0.4) is 0 Å². The van der Waals surface area contributed by atoms with Gasteiger partial charge in [0.2, 0.25) is 15.9 Å². The molecule has 0 unspecified atom stereocenters. The maximum Gasteiger partial charge on any atom is 0.243 e. The highest BCUT2D eigenvalue weighted by molar-refractivity contribution is 7.89. The predicted molar refractivity (Wildman–Crippen MR) is 115 cm³/mol. The van der Waals surface area contributed by atoms with Crippen molar-refractivity contribution in [1.29, 1.82) is 0 Å². The molecule has 0 radical (unpaired) electrons. The molecule has 0 atom stereocenters. The van der Waals surface area contributed by atoms with Gasteiger partial charge in [-0.25, -0.2) is 17.2 Å². The highest BCUT2D eigenvalue weighted by Gasteiger charge is 2.27. The second kappa shape index (κ2) is 9.36. The molecule has 3 aromatic rings. The predicted octanol–water partition coefficient (Wildman–Crippen LogP) is 4.41. The van der Waals surface area contributed by atoms with Crippen molar-refractivity contribution in [1.82, 2.24) is 4.31 Å². The second-order valence-electron chi connectivity index (χ2n) is 7.24. The van der Waals surface area contributed by atoms with E-state index in [2.05, 4.69) is 5.32 Å². The topological polar surface area (TPSA) is 66.5 Å². The fourth-order valence-electron chi connectivity index (χ4n) is 2.92. The fraction of sp³-hybridized carbons (Fsp3) is 0.174.